The maximum atomic E-state index is 10.8. The fraction of sp³-hybridized carbons (Fsp3) is 0.235. The number of nitrogens with zero attached hydrogens (tertiary/aromatic N) is 2. The topological polar surface area (TPSA) is 97.6 Å². The summed E-state index contributed by atoms with van der Waals surface area (Å²) in [5, 5.41) is 2.61. The summed E-state index contributed by atoms with van der Waals surface area (Å²) in [5.41, 5.74) is 7.78. The van der Waals surface area contributed by atoms with E-state index in [4.69, 9.17) is 10.5 Å². The zero-order valence-corrected chi connectivity index (χ0v) is 13.6. The van der Waals surface area contributed by atoms with Crippen LogP contribution in [0.1, 0.15) is 11.6 Å². The normalized spacial score (nSPS) is 11.4. The van der Waals surface area contributed by atoms with Crippen LogP contribution in [0.25, 0.3) is 11.1 Å². The van der Waals surface area contributed by atoms with Gasteiger partial charge in [-0.2, -0.15) is 0 Å². The summed E-state index contributed by atoms with van der Waals surface area (Å²) < 4.78 is 4.78. The quantitative estimate of drug-likeness (QED) is 0.754. The molecule has 0 fully saturated rings. The summed E-state index contributed by atoms with van der Waals surface area (Å²) >= 11 is 0. The van der Waals surface area contributed by atoms with Crippen LogP contribution in [0.4, 0.5) is 10.6 Å². The molecule has 126 valence electrons. The fourth-order valence-electron chi connectivity index (χ4n) is 2.36. The molecule has 1 aromatic heterocycles. The molecule has 2 rings (SSSR count). The average molecular weight is 328 g/mol. The number of rotatable bonds is 7. The van der Waals surface area contributed by atoms with Gasteiger partial charge in [0.15, 0.2) is 0 Å². The Bertz CT molecular complexity index is 701. The van der Waals surface area contributed by atoms with Gasteiger partial charge in [0.05, 0.1) is 6.04 Å². The minimum atomic E-state index is -0.879. The number of nitrogens with two attached hydrogens (primary N) is 1. The monoisotopic (exact) mass is 328 g/mol. The first-order chi connectivity index (χ1) is 11.5. The van der Waals surface area contributed by atoms with Gasteiger partial charge in [-0.05, 0) is 23.3 Å². The number of hydrogen-bond acceptors (Lipinski definition) is 5. The van der Waals surface area contributed by atoms with Gasteiger partial charge >= 0.3 is 6.09 Å². The summed E-state index contributed by atoms with van der Waals surface area (Å²) in [6, 6.07) is 11.0. The average Bonchev–Trinajstić information content (AvgIpc) is 2.58. The Hall–Kier alpha value is -3.09. The van der Waals surface area contributed by atoms with Crippen LogP contribution in [0.5, 0.6) is 0 Å². The molecule has 1 aromatic carbocycles. The van der Waals surface area contributed by atoms with E-state index in [0.29, 0.717) is 6.41 Å². The summed E-state index contributed by atoms with van der Waals surface area (Å²) in [7, 11) is 3.87. The number of carbonyl (C=O) groups is 2. The molecule has 0 saturated carbocycles. The van der Waals surface area contributed by atoms with Gasteiger partial charge in [-0.15, -0.1) is 0 Å². The SMILES string of the molecule is CN(C)c1ncccc1-c1ccc(C(COC(N)=O)NC=O)cc1. The summed E-state index contributed by atoms with van der Waals surface area (Å²) in [6.07, 6.45) is 1.43. The van der Waals surface area contributed by atoms with E-state index in [1.165, 1.54) is 0 Å². The second-order valence-corrected chi connectivity index (χ2v) is 5.36. The van der Waals surface area contributed by atoms with Gasteiger partial charge in [0.25, 0.3) is 0 Å². The largest absolute Gasteiger partial charge is 0.447 e. The number of aromatic nitrogens is 1. The maximum Gasteiger partial charge on any atom is 0.404 e. The van der Waals surface area contributed by atoms with Crippen molar-refractivity contribution in [2.75, 3.05) is 25.6 Å². The van der Waals surface area contributed by atoms with Gasteiger partial charge in [0, 0.05) is 25.9 Å². The van der Waals surface area contributed by atoms with E-state index in [-0.39, 0.29) is 6.61 Å². The standard InChI is InChI=1S/C17H20N4O3/c1-21(2)16-14(4-3-9-19-16)12-5-7-13(8-6-12)15(20-11-22)10-24-17(18)23/h3-9,11,15H,10H2,1-2H3,(H2,18,23)(H,20,22). The van der Waals surface area contributed by atoms with E-state index in [1.54, 1.807) is 6.20 Å². The lowest BCUT2D eigenvalue weighted by Crippen LogP contribution is -2.27. The Morgan fingerprint density at radius 3 is 2.62 bits per heavy atom. The van der Waals surface area contributed by atoms with Crippen molar-refractivity contribution in [3.8, 4) is 11.1 Å². The highest BCUT2D eigenvalue weighted by atomic mass is 16.5. The number of nitrogens with one attached hydrogen (secondary N) is 1. The van der Waals surface area contributed by atoms with E-state index in [1.807, 2.05) is 55.4 Å². The third-order valence-corrected chi connectivity index (χ3v) is 3.50. The van der Waals surface area contributed by atoms with E-state index in [0.717, 1.165) is 22.5 Å². The summed E-state index contributed by atoms with van der Waals surface area (Å²) in [6.45, 7) is -0.0245. The number of primary amides is 1. The Kier molecular flexibility index (Phi) is 5.73. The predicted octanol–water partition coefficient (Wildman–Crippen LogP) is 1.70. The van der Waals surface area contributed by atoms with Gasteiger partial charge in [-0.3, -0.25) is 4.79 Å². The van der Waals surface area contributed by atoms with Crippen LogP contribution in [0, 0.1) is 0 Å². The molecule has 24 heavy (non-hydrogen) atoms. The van der Waals surface area contributed by atoms with Gasteiger partial charge in [0.1, 0.15) is 12.4 Å². The molecule has 1 unspecified atom stereocenters. The first-order valence-corrected chi connectivity index (χ1v) is 7.37. The third kappa shape index (κ3) is 4.22. The van der Waals surface area contributed by atoms with E-state index in [2.05, 4.69) is 10.3 Å². The van der Waals surface area contributed by atoms with Crippen molar-refractivity contribution in [2.24, 2.45) is 5.73 Å². The van der Waals surface area contributed by atoms with Crippen molar-refractivity contribution < 1.29 is 14.3 Å². The van der Waals surface area contributed by atoms with E-state index >= 15 is 0 Å². The molecule has 2 aromatic rings. The molecule has 7 nitrogen and oxygen atoms in total. The second-order valence-electron chi connectivity index (χ2n) is 5.36. The number of amides is 2. The highest BCUT2D eigenvalue weighted by Crippen LogP contribution is 2.28. The van der Waals surface area contributed by atoms with Crippen molar-refractivity contribution in [3.05, 3.63) is 48.2 Å². The lowest BCUT2D eigenvalue weighted by Gasteiger charge is -2.18. The van der Waals surface area contributed by atoms with Gasteiger partial charge in [-0.25, -0.2) is 9.78 Å². The van der Waals surface area contributed by atoms with Crippen LogP contribution in [0.2, 0.25) is 0 Å². The predicted molar refractivity (Wildman–Crippen MR) is 91.5 cm³/mol. The Balaban J connectivity index is 2.26. The molecule has 0 aliphatic carbocycles. The van der Waals surface area contributed by atoms with Crippen molar-refractivity contribution in [1.82, 2.24) is 10.3 Å². The number of hydrogen-bond donors (Lipinski definition) is 2. The van der Waals surface area contributed by atoms with Gasteiger partial charge < -0.3 is 20.7 Å². The minimum Gasteiger partial charge on any atom is -0.447 e. The van der Waals surface area contributed by atoms with Crippen LogP contribution in [0.15, 0.2) is 42.6 Å². The van der Waals surface area contributed by atoms with E-state index < -0.39 is 12.1 Å². The van der Waals surface area contributed by atoms with Crippen LogP contribution in [0.3, 0.4) is 0 Å². The summed E-state index contributed by atoms with van der Waals surface area (Å²) in [4.78, 5) is 27.8. The zero-order chi connectivity index (χ0) is 17.5. The fourth-order valence-corrected chi connectivity index (χ4v) is 2.36. The second kappa shape index (κ2) is 7.96. The van der Waals surface area contributed by atoms with Crippen LogP contribution in [-0.4, -0.2) is 38.2 Å². The molecule has 0 saturated heterocycles. The Morgan fingerprint density at radius 2 is 2.04 bits per heavy atom. The maximum absolute atomic E-state index is 10.8. The molecular weight excluding hydrogens is 308 g/mol. The lowest BCUT2D eigenvalue weighted by atomic mass is 10.0. The zero-order valence-electron chi connectivity index (χ0n) is 13.6. The number of ether oxygens (including phenoxy) is 1. The number of benzene rings is 1. The Labute approximate surface area is 140 Å². The smallest absolute Gasteiger partial charge is 0.404 e. The minimum absolute atomic E-state index is 0.0245. The van der Waals surface area contributed by atoms with Crippen LogP contribution in [-0.2, 0) is 9.53 Å². The van der Waals surface area contributed by atoms with Crippen molar-refractivity contribution in [2.45, 2.75) is 6.04 Å². The van der Waals surface area contributed by atoms with Crippen LogP contribution < -0.4 is 16.0 Å². The Morgan fingerprint density at radius 1 is 1.33 bits per heavy atom. The van der Waals surface area contributed by atoms with Crippen molar-refractivity contribution in [3.63, 3.8) is 0 Å². The van der Waals surface area contributed by atoms with Gasteiger partial charge in [0.2, 0.25) is 6.41 Å². The first-order valence-electron chi connectivity index (χ1n) is 7.37. The molecule has 0 spiro atoms. The molecule has 3 N–H and O–H groups in total. The molecule has 2 amide bonds. The molecule has 7 heteroatoms. The number of pyridine rings is 1. The molecule has 0 aliphatic rings. The highest BCUT2D eigenvalue weighted by molar-refractivity contribution is 5.75. The molecule has 0 bridgehead atoms. The molecular formula is C17H20N4O3. The number of carbonyl (C=O) groups excluding carboxylic acids is 2. The molecule has 0 radical (unpaired) electrons. The third-order valence-electron chi connectivity index (χ3n) is 3.50. The first kappa shape index (κ1) is 17.3. The number of anilines is 1. The van der Waals surface area contributed by atoms with E-state index in [9.17, 15) is 9.59 Å². The summed E-state index contributed by atoms with van der Waals surface area (Å²) in [5.74, 6) is 0.866. The van der Waals surface area contributed by atoms with Crippen molar-refractivity contribution in [1.29, 1.82) is 0 Å². The van der Waals surface area contributed by atoms with Gasteiger partial charge in [-0.1, -0.05) is 24.3 Å². The molecule has 0 aliphatic heterocycles. The molecule has 1 atom stereocenters. The van der Waals surface area contributed by atoms with Crippen molar-refractivity contribution >= 4 is 18.3 Å². The van der Waals surface area contributed by atoms with Crippen LogP contribution >= 0.6 is 0 Å². The molecule has 1 heterocycles. The highest BCUT2D eigenvalue weighted by Gasteiger charge is 2.14. The lowest BCUT2D eigenvalue weighted by molar-refractivity contribution is -0.110.